The predicted octanol–water partition coefficient (Wildman–Crippen LogP) is 1.28. The maximum absolute atomic E-state index is 12.6. The first-order valence-corrected chi connectivity index (χ1v) is 6.87. The largest absolute Gasteiger partial charge is 0.493 e. The summed E-state index contributed by atoms with van der Waals surface area (Å²) in [5, 5.41) is 3.23. The Morgan fingerprint density at radius 1 is 1.20 bits per heavy atom. The number of methoxy groups -OCH3 is 1. The van der Waals surface area contributed by atoms with Crippen molar-refractivity contribution < 1.29 is 14.3 Å². The summed E-state index contributed by atoms with van der Waals surface area (Å²) in [6.07, 6.45) is 0. The number of benzene rings is 1. The molecule has 0 bridgehead atoms. The zero-order chi connectivity index (χ0) is 14.6. The molecule has 110 valence electrons. The highest BCUT2D eigenvalue weighted by molar-refractivity contribution is 5.85. The van der Waals surface area contributed by atoms with Gasteiger partial charge in [0.15, 0.2) is 17.1 Å². The Morgan fingerprint density at radius 2 is 1.80 bits per heavy atom. The average Bonchev–Trinajstić information content (AvgIpc) is 2.47. The van der Waals surface area contributed by atoms with Gasteiger partial charge in [-0.1, -0.05) is 12.1 Å². The van der Waals surface area contributed by atoms with Crippen LogP contribution in [-0.4, -0.2) is 49.7 Å². The van der Waals surface area contributed by atoms with Crippen LogP contribution >= 0.6 is 0 Å². The fraction of sp³-hybridized carbons (Fsp3) is 0.533. The molecule has 0 saturated carbocycles. The van der Waals surface area contributed by atoms with Gasteiger partial charge < -0.3 is 19.7 Å². The van der Waals surface area contributed by atoms with Gasteiger partial charge in [-0.2, -0.15) is 0 Å². The Balaban J connectivity index is 2.11. The average molecular weight is 278 g/mol. The van der Waals surface area contributed by atoms with Crippen LogP contribution in [-0.2, 0) is 4.79 Å². The number of ether oxygens (including phenoxy) is 2. The minimum absolute atomic E-state index is 0.00454. The third kappa shape index (κ3) is 3.22. The van der Waals surface area contributed by atoms with Crippen molar-refractivity contribution in [2.75, 3.05) is 33.3 Å². The predicted molar refractivity (Wildman–Crippen MR) is 77.2 cm³/mol. The lowest BCUT2D eigenvalue weighted by atomic mass is 10.1. The smallest absolute Gasteiger partial charge is 0.266 e. The first-order chi connectivity index (χ1) is 9.54. The van der Waals surface area contributed by atoms with Gasteiger partial charge in [0.05, 0.1) is 7.11 Å². The van der Waals surface area contributed by atoms with E-state index in [1.807, 2.05) is 29.2 Å². The molecule has 1 aromatic rings. The Bertz CT molecular complexity index is 468. The standard InChI is InChI=1S/C15H22N2O3/c1-15(2,14(18)17-10-8-16-9-11-17)20-13-7-5-4-6-12(13)19-3/h4-7,16H,8-11H2,1-3H3. The SMILES string of the molecule is COc1ccccc1OC(C)(C)C(=O)N1CCNCC1. The molecule has 0 atom stereocenters. The van der Waals surface area contributed by atoms with Crippen molar-refractivity contribution in [2.45, 2.75) is 19.4 Å². The van der Waals surface area contributed by atoms with E-state index in [2.05, 4.69) is 5.32 Å². The van der Waals surface area contributed by atoms with E-state index in [1.165, 1.54) is 0 Å². The Morgan fingerprint density at radius 3 is 2.40 bits per heavy atom. The maximum atomic E-state index is 12.6. The van der Waals surface area contributed by atoms with Crippen molar-refractivity contribution in [3.05, 3.63) is 24.3 Å². The lowest BCUT2D eigenvalue weighted by Gasteiger charge is -2.35. The summed E-state index contributed by atoms with van der Waals surface area (Å²) < 4.78 is 11.2. The summed E-state index contributed by atoms with van der Waals surface area (Å²) >= 11 is 0. The molecule has 1 aliphatic rings. The molecular weight excluding hydrogens is 256 g/mol. The summed E-state index contributed by atoms with van der Waals surface area (Å²) in [6, 6.07) is 7.37. The lowest BCUT2D eigenvalue weighted by molar-refractivity contribution is -0.146. The van der Waals surface area contributed by atoms with Gasteiger partial charge in [0, 0.05) is 26.2 Å². The van der Waals surface area contributed by atoms with Crippen LogP contribution in [0.1, 0.15) is 13.8 Å². The van der Waals surface area contributed by atoms with Crippen LogP contribution in [0.2, 0.25) is 0 Å². The van der Waals surface area contributed by atoms with E-state index in [4.69, 9.17) is 9.47 Å². The zero-order valence-corrected chi connectivity index (χ0v) is 12.3. The normalized spacial score (nSPS) is 15.8. The third-order valence-corrected chi connectivity index (χ3v) is 3.35. The molecule has 2 rings (SSSR count). The number of rotatable bonds is 4. The molecule has 0 unspecified atom stereocenters. The van der Waals surface area contributed by atoms with E-state index in [1.54, 1.807) is 21.0 Å². The van der Waals surface area contributed by atoms with Crippen LogP contribution in [0.25, 0.3) is 0 Å². The summed E-state index contributed by atoms with van der Waals surface area (Å²) in [6.45, 7) is 6.69. The van der Waals surface area contributed by atoms with Crippen LogP contribution in [0, 0.1) is 0 Å². The molecule has 1 amide bonds. The van der Waals surface area contributed by atoms with Crippen molar-refractivity contribution in [2.24, 2.45) is 0 Å². The van der Waals surface area contributed by atoms with E-state index < -0.39 is 5.60 Å². The van der Waals surface area contributed by atoms with E-state index in [-0.39, 0.29) is 5.91 Å². The summed E-state index contributed by atoms with van der Waals surface area (Å²) in [5.41, 5.74) is -0.911. The monoisotopic (exact) mass is 278 g/mol. The van der Waals surface area contributed by atoms with Crippen LogP contribution in [0.3, 0.4) is 0 Å². The van der Waals surface area contributed by atoms with Gasteiger partial charge in [-0.05, 0) is 26.0 Å². The van der Waals surface area contributed by atoms with Crippen molar-refractivity contribution in [3.8, 4) is 11.5 Å². The quantitative estimate of drug-likeness (QED) is 0.901. The second-order valence-corrected chi connectivity index (χ2v) is 5.31. The van der Waals surface area contributed by atoms with Crippen molar-refractivity contribution in [1.82, 2.24) is 10.2 Å². The van der Waals surface area contributed by atoms with E-state index in [9.17, 15) is 4.79 Å². The number of carbonyl (C=O) groups is 1. The number of piperazine rings is 1. The fourth-order valence-electron chi connectivity index (χ4n) is 2.27. The Labute approximate surface area is 119 Å². The molecular formula is C15H22N2O3. The van der Waals surface area contributed by atoms with Crippen molar-refractivity contribution >= 4 is 5.91 Å². The molecule has 1 saturated heterocycles. The Kier molecular flexibility index (Phi) is 4.49. The van der Waals surface area contributed by atoms with E-state index in [0.717, 1.165) is 26.2 Å². The van der Waals surface area contributed by atoms with Gasteiger partial charge in [0.2, 0.25) is 0 Å². The van der Waals surface area contributed by atoms with Crippen molar-refractivity contribution in [3.63, 3.8) is 0 Å². The first-order valence-electron chi connectivity index (χ1n) is 6.87. The molecule has 1 N–H and O–H groups in total. The van der Waals surface area contributed by atoms with Gasteiger partial charge in [-0.25, -0.2) is 0 Å². The third-order valence-electron chi connectivity index (χ3n) is 3.35. The first kappa shape index (κ1) is 14.7. The molecule has 1 heterocycles. The molecule has 5 nitrogen and oxygen atoms in total. The molecule has 1 aliphatic heterocycles. The number of carbonyl (C=O) groups excluding carboxylic acids is 1. The molecule has 0 spiro atoms. The van der Waals surface area contributed by atoms with Gasteiger partial charge in [-0.15, -0.1) is 0 Å². The number of para-hydroxylation sites is 2. The number of nitrogens with one attached hydrogen (secondary N) is 1. The van der Waals surface area contributed by atoms with E-state index >= 15 is 0 Å². The topological polar surface area (TPSA) is 50.8 Å². The number of nitrogens with zero attached hydrogens (tertiary/aromatic N) is 1. The van der Waals surface area contributed by atoms with Crippen LogP contribution in [0.5, 0.6) is 11.5 Å². The zero-order valence-electron chi connectivity index (χ0n) is 12.3. The number of hydrogen-bond acceptors (Lipinski definition) is 4. The molecule has 0 radical (unpaired) electrons. The second-order valence-electron chi connectivity index (χ2n) is 5.31. The summed E-state index contributed by atoms with van der Waals surface area (Å²) in [4.78, 5) is 14.4. The molecule has 0 aliphatic carbocycles. The number of hydrogen-bond donors (Lipinski definition) is 1. The Hall–Kier alpha value is -1.75. The van der Waals surface area contributed by atoms with Crippen molar-refractivity contribution in [1.29, 1.82) is 0 Å². The highest BCUT2D eigenvalue weighted by Crippen LogP contribution is 2.30. The summed E-state index contributed by atoms with van der Waals surface area (Å²) in [5.74, 6) is 1.22. The minimum Gasteiger partial charge on any atom is -0.493 e. The van der Waals surface area contributed by atoms with Crippen LogP contribution in [0.15, 0.2) is 24.3 Å². The molecule has 5 heteroatoms. The van der Waals surface area contributed by atoms with E-state index in [0.29, 0.717) is 11.5 Å². The van der Waals surface area contributed by atoms with Crippen LogP contribution in [0.4, 0.5) is 0 Å². The van der Waals surface area contributed by atoms with Gasteiger partial charge in [0.1, 0.15) is 0 Å². The highest BCUT2D eigenvalue weighted by atomic mass is 16.5. The fourth-order valence-corrected chi connectivity index (χ4v) is 2.27. The lowest BCUT2D eigenvalue weighted by Crippen LogP contribution is -2.54. The molecule has 1 fully saturated rings. The molecule has 1 aromatic carbocycles. The second kappa shape index (κ2) is 6.13. The van der Waals surface area contributed by atoms with Gasteiger partial charge >= 0.3 is 0 Å². The molecule has 0 aromatic heterocycles. The van der Waals surface area contributed by atoms with Gasteiger partial charge in [-0.3, -0.25) is 4.79 Å². The summed E-state index contributed by atoms with van der Waals surface area (Å²) in [7, 11) is 1.59. The maximum Gasteiger partial charge on any atom is 0.266 e. The van der Waals surface area contributed by atoms with Crippen LogP contribution < -0.4 is 14.8 Å². The minimum atomic E-state index is -0.911. The highest BCUT2D eigenvalue weighted by Gasteiger charge is 2.35. The number of amides is 1. The molecule has 20 heavy (non-hydrogen) atoms. The van der Waals surface area contributed by atoms with Gasteiger partial charge in [0.25, 0.3) is 5.91 Å².